The van der Waals surface area contributed by atoms with Crippen LogP contribution in [0.25, 0.3) is 5.65 Å². The molecule has 1 N–H and O–H groups in total. The van der Waals surface area contributed by atoms with Crippen molar-refractivity contribution < 1.29 is 9.53 Å². The quantitative estimate of drug-likeness (QED) is 0.842. The largest absolute Gasteiger partial charge is 0.469 e. The summed E-state index contributed by atoms with van der Waals surface area (Å²) in [5.41, 5.74) is 1.38. The van der Waals surface area contributed by atoms with E-state index in [0.717, 1.165) is 31.4 Å². The Balaban J connectivity index is 1.79. The SMILES string of the molecule is COC(=O)C1CCC(c2cc(=O)n3[nH]ccc3n2)CC1. The van der Waals surface area contributed by atoms with E-state index in [2.05, 4.69) is 10.1 Å². The number of fused-ring (bicyclic) bond motifs is 1. The molecule has 0 aromatic carbocycles. The van der Waals surface area contributed by atoms with E-state index in [1.165, 1.54) is 11.6 Å². The Hall–Kier alpha value is -2.11. The predicted octanol–water partition coefficient (Wildman–Crippen LogP) is 1.47. The zero-order valence-electron chi connectivity index (χ0n) is 11.3. The molecule has 20 heavy (non-hydrogen) atoms. The molecule has 1 saturated carbocycles. The van der Waals surface area contributed by atoms with Gasteiger partial charge < -0.3 is 4.74 Å². The molecule has 0 unspecified atom stereocenters. The van der Waals surface area contributed by atoms with Crippen LogP contribution in [0.2, 0.25) is 0 Å². The molecule has 106 valence electrons. The van der Waals surface area contributed by atoms with Crippen LogP contribution in [-0.2, 0) is 9.53 Å². The van der Waals surface area contributed by atoms with Gasteiger partial charge in [-0.05, 0) is 25.7 Å². The third-order valence-electron chi connectivity index (χ3n) is 4.08. The van der Waals surface area contributed by atoms with Gasteiger partial charge >= 0.3 is 5.97 Å². The monoisotopic (exact) mass is 275 g/mol. The molecule has 0 spiro atoms. The van der Waals surface area contributed by atoms with Crippen molar-refractivity contribution in [2.75, 3.05) is 7.11 Å². The van der Waals surface area contributed by atoms with Crippen LogP contribution >= 0.6 is 0 Å². The van der Waals surface area contributed by atoms with Gasteiger partial charge in [0.15, 0.2) is 5.65 Å². The van der Waals surface area contributed by atoms with Gasteiger partial charge in [-0.1, -0.05) is 0 Å². The lowest BCUT2D eigenvalue weighted by molar-refractivity contribution is -0.146. The van der Waals surface area contributed by atoms with Gasteiger partial charge in [0, 0.05) is 24.2 Å². The number of carbonyl (C=O) groups excluding carboxylic acids is 1. The minimum Gasteiger partial charge on any atom is -0.469 e. The molecule has 2 aromatic rings. The summed E-state index contributed by atoms with van der Waals surface area (Å²) in [6.07, 6.45) is 5.03. The first-order valence-corrected chi connectivity index (χ1v) is 6.84. The third kappa shape index (κ3) is 2.21. The molecule has 6 heteroatoms. The second-order valence-corrected chi connectivity index (χ2v) is 5.25. The number of hydrogen-bond donors (Lipinski definition) is 1. The van der Waals surface area contributed by atoms with Crippen LogP contribution in [0.1, 0.15) is 37.3 Å². The number of methoxy groups -OCH3 is 1. The first-order valence-electron chi connectivity index (χ1n) is 6.84. The van der Waals surface area contributed by atoms with Gasteiger partial charge in [-0.15, -0.1) is 0 Å². The van der Waals surface area contributed by atoms with E-state index in [0.29, 0.717) is 5.65 Å². The summed E-state index contributed by atoms with van der Waals surface area (Å²) in [5, 5.41) is 2.83. The molecule has 1 aliphatic rings. The van der Waals surface area contributed by atoms with Crippen molar-refractivity contribution in [3.8, 4) is 0 Å². The van der Waals surface area contributed by atoms with E-state index in [9.17, 15) is 9.59 Å². The fourth-order valence-corrected chi connectivity index (χ4v) is 2.95. The normalized spacial score (nSPS) is 22.9. The Morgan fingerprint density at radius 1 is 1.40 bits per heavy atom. The van der Waals surface area contributed by atoms with Gasteiger partial charge in [0.25, 0.3) is 5.56 Å². The number of esters is 1. The second kappa shape index (κ2) is 5.11. The Labute approximate surface area is 115 Å². The van der Waals surface area contributed by atoms with Crippen molar-refractivity contribution in [3.05, 3.63) is 34.4 Å². The highest BCUT2D eigenvalue weighted by molar-refractivity contribution is 5.72. The van der Waals surface area contributed by atoms with E-state index >= 15 is 0 Å². The van der Waals surface area contributed by atoms with Crippen LogP contribution in [0.15, 0.2) is 23.1 Å². The summed E-state index contributed by atoms with van der Waals surface area (Å²) in [7, 11) is 1.43. The molecule has 2 heterocycles. The molecule has 0 radical (unpaired) electrons. The molecule has 0 amide bonds. The molecule has 0 bridgehead atoms. The number of aromatic amines is 1. The molecule has 0 atom stereocenters. The van der Waals surface area contributed by atoms with E-state index in [1.54, 1.807) is 18.3 Å². The highest BCUT2D eigenvalue weighted by Gasteiger charge is 2.28. The Morgan fingerprint density at radius 2 is 2.15 bits per heavy atom. The maximum absolute atomic E-state index is 11.9. The van der Waals surface area contributed by atoms with Crippen molar-refractivity contribution in [1.82, 2.24) is 14.6 Å². The van der Waals surface area contributed by atoms with Crippen molar-refractivity contribution in [1.29, 1.82) is 0 Å². The van der Waals surface area contributed by atoms with Gasteiger partial charge in [0.05, 0.1) is 18.7 Å². The van der Waals surface area contributed by atoms with Gasteiger partial charge in [0.1, 0.15) is 0 Å². The van der Waals surface area contributed by atoms with Gasteiger partial charge in [-0.3, -0.25) is 14.7 Å². The fourth-order valence-electron chi connectivity index (χ4n) is 2.95. The highest BCUT2D eigenvalue weighted by atomic mass is 16.5. The zero-order chi connectivity index (χ0) is 14.1. The van der Waals surface area contributed by atoms with Crippen LogP contribution in [0.5, 0.6) is 0 Å². The van der Waals surface area contributed by atoms with Crippen LogP contribution in [0.4, 0.5) is 0 Å². The average Bonchev–Trinajstić information content (AvgIpc) is 2.95. The summed E-state index contributed by atoms with van der Waals surface area (Å²) in [6, 6.07) is 3.37. The van der Waals surface area contributed by atoms with Gasteiger partial charge in [-0.25, -0.2) is 9.50 Å². The third-order valence-corrected chi connectivity index (χ3v) is 4.08. The Morgan fingerprint density at radius 3 is 2.85 bits per heavy atom. The van der Waals surface area contributed by atoms with Gasteiger partial charge in [-0.2, -0.15) is 0 Å². The Kier molecular flexibility index (Phi) is 3.30. The molecule has 0 aliphatic heterocycles. The first-order chi connectivity index (χ1) is 9.69. The number of rotatable bonds is 2. The minimum absolute atomic E-state index is 0.00617. The molecule has 1 aliphatic carbocycles. The second-order valence-electron chi connectivity index (χ2n) is 5.25. The van der Waals surface area contributed by atoms with E-state index in [1.807, 2.05) is 0 Å². The zero-order valence-corrected chi connectivity index (χ0v) is 11.3. The molecular weight excluding hydrogens is 258 g/mol. The maximum Gasteiger partial charge on any atom is 0.308 e. The number of H-pyrrole nitrogens is 1. The number of ether oxygens (including phenoxy) is 1. The summed E-state index contributed by atoms with van der Waals surface area (Å²) in [4.78, 5) is 28.0. The summed E-state index contributed by atoms with van der Waals surface area (Å²) >= 11 is 0. The number of nitrogens with zero attached hydrogens (tertiary/aromatic N) is 2. The first kappa shape index (κ1) is 12.9. The molecular formula is C14H17N3O3. The van der Waals surface area contributed by atoms with E-state index in [4.69, 9.17) is 4.74 Å². The standard InChI is InChI=1S/C14H17N3O3/c1-20-14(19)10-4-2-9(3-5-10)11-8-13(18)17-12(16-11)6-7-15-17/h6-10,15H,2-5H2,1H3. The lowest BCUT2D eigenvalue weighted by atomic mass is 9.80. The van der Waals surface area contributed by atoms with Crippen LogP contribution in [-0.4, -0.2) is 27.7 Å². The Bertz CT molecular complexity index is 680. The fraction of sp³-hybridized carbons (Fsp3) is 0.500. The predicted molar refractivity (Wildman–Crippen MR) is 72.5 cm³/mol. The lowest BCUT2D eigenvalue weighted by Crippen LogP contribution is -2.24. The minimum atomic E-state index is -0.127. The summed E-state index contributed by atoms with van der Waals surface area (Å²) < 4.78 is 6.21. The maximum atomic E-state index is 11.9. The smallest absolute Gasteiger partial charge is 0.308 e. The highest BCUT2D eigenvalue weighted by Crippen LogP contribution is 2.35. The van der Waals surface area contributed by atoms with Crippen LogP contribution in [0, 0.1) is 5.92 Å². The van der Waals surface area contributed by atoms with E-state index < -0.39 is 0 Å². The molecule has 6 nitrogen and oxygen atoms in total. The van der Waals surface area contributed by atoms with Crippen LogP contribution in [0.3, 0.4) is 0 Å². The molecule has 1 fully saturated rings. The van der Waals surface area contributed by atoms with Crippen molar-refractivity contribution in [3.63, 3.8) is 0 Å². The number of nitrogens with one attached hydrogen (secondary N) is 1. The van der Waals surface area contributed by atoms with E-state index in [-0.39, 0.29) is 23.4 Å². The van der Waals surface area contributed by atoms with Crippen molar-refractivity contribution in [2.45, 2.75) is 31.6 Å². The average molecular weight is 275 g/mol. The number of carbonyl (C=O) groups is 1. The van der Waals surface area contributed by atoms with Crippen molar-refractivity contribution in [2.24, 2.45) is 5.92 Å². The summed E-state index contributed by atoms with van der Waals surface area (Å²) in [6.45, 7) is 0. The molecule has 0 saturated heterocycles. The number of aromatic nitrogens is 3. The lowest BCUT2D eigenvalue weighted by Gasteiger charge is -2.26. The van der Waals surface area contributed by atoms with Crippen LogP contribution < -0.4 is 5.56 Å². The van der Waals surface area contributed by atoms with Gasteiger partial charge in [0.2, 0.25) is 0 Å². The topological polar surface area (TPSA) is 76.5 Å². The molecule has 2 aromatic heterocycles. The molecule has 3 rings (SSSR count). The summed E-state index contributed by atoms with van der Waals surface area (Å²) in [5.74, 6) is 0.120. The van der Waals surface area contributed by atoms with Crippen molar-refractivity contribution >= 4 is 11.6 Å². The number of hydrogen-bond acceptors (Lipinski definition) is 4.